The zero-order valence-electron chi connectivity index (χ0n) is 11.8. The molecule has 0 aliphatic carbocycles. The fourth-order valence-electron chi connectivity index (χ4n) is 1.56. The Balaban J connectivity index is 2.71. The molecule has 0 amide bonds. The average Bonchev–Trinajstić information content (AvgIpc) is 2.32. The maximum atomic E-state index is 9.30. The van der Waals surface area contributed by atoms with Gasteiger partial charge in [-0.25, -0.2) is 4.98 Å². The van der Waals surface area contributed by atoms with Gasteiger partial charge in [-0.05, 0) is 26.7 Å². The molecule has 1 aromatic heterocycles. The summed E-state index contributed by atoms with van der Waals surface area (Å²) in [4.78, 5) is 10.9. The van der Waals surface area contributed by atoms with Crippen LogP contribution in [0.15, 0.2) is 6.07 Å². The molecule has 2 N–H and O–H groups in total. The number of nitrogens with zero attached hydrogens (tertiary/aromatic N) is 3. The Bertz CT molecular complexity index is 368. The van der Waals surface area contributed by atoms with E-state index in [0.29, 0.717) is 5.95 Å². The largest absolute Gasteiger partial charge is 0.393 e. The Morgan fingerprint density at radius 3 is 2.78 bits per heavy atom. The number of hydrogen-bond acceptors (Lipinski definition) is 5. The third kappa shape index (κ3) is 4.87. The molecule has 5 nitrogen and oxygen atoms in total. The van der Waals surface area contributed by atoms with Crippen molar-refractivity contribution < 1.29 is 5.11 Å². The number of aryl methyl sites for hydroxylation is 1. The van der Waals surface area contributed by atoms with Gasteiger partial charge in [0.15, 0.2) is 0 Å². The lowest BCUT2D eigenvalue weighted by Gasteiger charge is -2.20. The highest BCUT2D eigenvalue weighted by Crippen LogP contribution is 2.14. The van der Waals surface area contributed by atoms with E-state index in [1.807, 2.05) is 24.9 Å². The second-order valence-electron chi connectivity index (χ2n) is 4.68. The van der Waals surface area contributed by atoms with Crippen molar-refractivity contribution in [3.05, 3.63) is 11.8 Å². The molecule has 0 spiro atoms. The van der Waals surface area contributed by atoms with Crippen molar-refractivity contribution >= 4 is 11.8 Å². The lowest BCUT2D eigenvalue weighted by molar-refractivity contribution is 0.187. The van der Waals surface area contributed by atoms with E-state index in [0.717, 1.165) is 37.4 Å². The van der Waals surface area contributed by atoms with Crippen molar-refractivity contribution in [2.45, 2.75) is 39.7 Å². The Labute approximate surface area is 109 Å². The topological polar surface area (TPSA) is 61.3 Å². The Morgan fingerprint density at radius 2 is 2.17 bits per heavy atom. The third-order valence-corrected chi connectivity index (χ3v) is 2.65. The predicted molar refractivity (Wildman–Crippen MR) is 75.1 cm³/mol. The molecule has 18 heavy (non-hydrogen) atoms. The van der Waals surface area contributed by atoms with Gasteiger partial charge in [0, 0.05) is 31.9 Å². The van der Waals surface area contributed by atoms with E-state index in [-0.39, 0.29) is 6.10 Å². The zero-order chi connectivity index (χ0) is 13.5. The number of nitrogens with one attached hydrogen (secondary N) is 1. The van der Waals surface area contributed by atoms with Crippen molar-refractivity contribution in [2.75, 3.05) is 30.4 Å². The minimum absolute atomic E-state index is 0.284. The summed E-state index contributed by atoms with van der Waals surface area (Å²) in [5.74, 6) is 1.57. The second kappa shape index (κ2) is 7.16. The number of rotatable bonds is 7. The molecule has 5 heteroatoms. The molecule has 0 aliphatic heterocycles. The third-order valence-electron chi connectivity index (χ3n) is 2.65. The fraction of sp³-hybridized carbons (Fsp3) is 0.692. The SMILES string of the molecule is CCCNc1nc(C)cc(N(C)CCC(C)O)n1. The van der Waals surface area contributed by atoms with Crippen LogP contribution in [-0.2, 0) is 0 Å². The molecule has 0 aromatic carbocycles. The van der Waals surface area contributed by atoms with Crippen molar-refractivity contribution in [3.63, 3.8) is 0 Å². The van der Waals surface area contributed by atoms with Crippen LogP contribution in [0.2, 0.25) is 0 Å². The van der Waals surface area contributed by atoms with E-state index in [9.17, 15) is 5.11 Å². The van der Waals surface area contributed by atoms with Gasteiger partial charge in [-0.1, -0.05) is 6.92 Å². The highest BCUT2D eigenvalue weighted by atomic mass is 16.3. The van der Waals surface area contributed by atoms with E-state index in [1.165, 1.54) is 0 Å². The maximum absolute atomic E-state index is 9.30. The first kappa shape index (κ1) is 14.7. The fourth-order valence-corrected chi connectivity index (χ4v) is 1.56. The highest BCUT2D eigenvalue weighted by Gasteiger charge is 2.07. The van der Waals surface area contributed by atoms with Crippen LogP contribution in [0.5, 0.6) is 0 Å². The molecule has 1 rings (SSSR count). The molecule has 0 fully saturated rings. The van der Waals surface area contributed by atoms with Crippen LogP contribution in [0.3, 0.4) is 0 Å². The lowest BCUT2D eigenvalue weighted by Crippen LogP contribution is -2.23. The van der Waals surface area contributed by atoms with Crippen molar-refractivity contribution in [2.24, 2.45) is 0 Å². The molecule has 1 heterocycles. The Hall–Kier alpha value is -1.36. The molecule has 0 bridgehead atoms. The molecular weight excluding hydrogens is 228 g/mol. The van der Waals surface area contributed by atoms with Gasteiger partial charge in [-0.15, -0.1) is 0 Å². The van der Waals surface area contributed by atoms with Crippen molar-refractivity contribution in [3.8, 4) is 0 Å². The monoisotopic (exact) mass is 252 g/mol. The second-order valence-corrected chi connectivity index (χ2v) is 4.68. The van der Waals surface area contributed by atoms with Crippen LogP contribution in [0.4, 0.5) is 11.8 Å². The van der Waals surface area contributed by atoms with Crippen LogP contribution in [0.25, 0.3) is 0 Å². The standard InChI is InChI=1S/C13H24N4O/c1-5-7-14-13-15-10(2)9-12(16-13)17(4)8-6-11(3)18/h9,11,18H,5-8H2,1-4H3,(H,14,15,16). The smallest absolute Gasteiger partial charge is 0.224 e. The summed E-state index contributed by atoms with van der Waals surface area (Å²) >= 11 is 0. The summed E-state index contributed by atoms with van der Waals surface area (Å²) in [5, 5.41) is 12.5. The van der Waals surface area contributed by atoms with Crippen LogP contribution in [-0.4, -0.2) is 41.3 Å². The van der Waals surface area contributed by atoms with Crippen LogP contribution in [0.1, 0.15) is 32.4 Å². The first-order valence-corrected chi connectivity index (χ1v) is 6.51. The summed E-state index contributed by atoms with van der Waals surface area (Å²) in [6.07, 6.45) is 1.50. The van der Waals surface area contributed by atoms with Gasteiger partial charge in [-0.3, -0.25) is 0 Å². The van der Waals surface area contributed by atoms with Crippen molar-refractivity contribution in [1.29, 1.82) is 0 Å². The number of aromatic nitrogens is 2. The molecule has 1 aromatic rings. The summed E-state index contributed by atoms with van der Waals surface area (Å²) in [6.45, 7) is 7.53. The predicted octanol–water partition coefficient (Wildman–Crippen LogP) is 1.81. The van der Waals surface area contributed by atoms with Crippen LogP contribution in [0, 0.1) is 6.92 Å². The summed E-state index contributed by atoms with van der Waals surface area (Å²) in [6, 6.07) is 1.96. The van der Waals surface area contributed by atoms with E-state index in [1.54, 1.807) is 6.92 Å². The maximum Gasteiger partial charge on any atom is 0.224 e. The minimum Gasteiger partial charge on any atom is -0.393 e. The number of anilines is 2. The van der Waals surface area contributed by atoms with E-state index < -0.39 is 0 Å². The molecular formula is C13H24N4O. The van der Waals surface area contributed by atoms with E-state index >= 15 is 0 Å². The minimum atomic E-state index is -0.284. The van der Waals surface area contributed by atoms with Crippen LogP contribution < -0.4 is 10.2 Å². The van der Waals surface area contributed by atoms with Crippen molar-refractivity contribution in [1.82, 2.24) is 9.97 Å². The molecule has 1 unspecified atom stereocenters. The molecule has 0 radical (unpaired) electrons. The summed E-state index contributed by atoms with van der Waals surface area (Å²) < 4.78 is 0. The van der Waals surface area contributed by atoms with E-state index in [4.69, 9.17) is 0 Å². The quantitative estimate of drug-likeness (QED) is 0.775. The van der Waals surface area contributed by atoms with Gasteiger partial charge >= 0.3 is 0 Å². The molecule has 102 valence electrons. The summed E-state index contributed by atoms with van der Waals surface area (Å²) in [7, 11) is 1.98. The molecule has 0 aliphatic rings. The number of aliphatic hydroxyl groups excluding tert-OH is 1. The summed E-state index contributed by atoms with van der Waals surface area (Å²) in [5.41, 5.74) is 0.947. The first-order chi connectivity index (χ1) is 8.52. The van der Waals surface area contributed by atoms with Gasteiger partial charge in [0.1, 0.15) is 5.82 Å². The van der Waals surface area contributed by atoms with Gasteiger partial charge in [0.2, 0.25) is 5.95 Å². The molecule has 0 saturated heterocycles. The Kier molecular flexibility index (Phi) is 5.85. The van der Waals surface area contributed by atoms with Gasteiger partial charge in [-0.2, -0.15) is 4.98 Å². The lowest BCUT2D eigenvalue weighted by atomic mass is 10.3. The molecule has 1 atom stereocenters. The normalized spacial score (nSPS) is 12.3. The zero-order valence-corrected chi connectivity index (χ0v) is 11.8. The average molecular weight is 252 g/mol. The van der Waals surface area contributed by atoms with Gasteiger partial charge in [0.25, 0.3) is 0 Å². The number of hydrogen-bond donors (Lipinski definition) is 2. The number of aliphatic hydroxyl groups is 1. The molecule has 0 saturated carbocycles. The Morgan fingerprint density at radius 1 is 1.44 bits per heavy atom. The first-order valence-electron chi connectivity index (χ1n) is 6.51. The van der Waals surface area contributed by atoms with E-state index in [2.05, 4.69) is 22.2 Å². The van der Waals surface area contributed by atoms with Gasteiger partial charge in [0.05, 0.1) is 6.10 Å². The highest BCUT2D eigenvalue weighted by molar-refractivity contribution is 5.44. The van der Waals surface area contributed by atoms with Crippen LogP contribution >= 0.6 is 0 Å². The van der Waals surface area contributed by atoms with Gasteiger partial charge < -0.3 is 15.3 Å².